The van der Waals surface area contributed by atoms with Gasteiger partial charge in [-0.2, -0.15) is 0 Å². The lowest BCUT2D eigenvalue weighted by Crippen LogP contribution is -2.36. The number of likely N-dealkylation sites (tertiary alicyclic amines) is 1. The molecule has 1 saturated heterocycles. The van der Waals surface area contributed by atoms with Gasteiger partial charge in [0.05, 0.1) is 0 Å². The second-order valence-electron chi connectivity index (χ2n) is 5.25. The third kappa shape index (κ3) is 4.84. The van der Waals surface area contributed by atoms with Gasteiger partial charge in [0.2, 0.25) is 0 Å². The highest BCUT2D eigenvalue weighted by molar-refractivity contribution is 4.72. The van der Waals surface area contributed by atoms with E-state index in [4.69, 9.17) is 0 Å². The van der Waals surface area contributed by atoms with Crippen LogP contribution in [0.15, 0.2) is 0 Å². The van der Waals surface area contributed by atoms with Gasteiger partial charge in [0, 0.05) is 12.6 Å². The van der Waals surface area contributed by atoms with E-state index in [0.717, 1.165) is 12.0 Å². The third-order valence-corrected chi connectivity index (χ3v) is 4.11. The van der Waals surface area contributed by atoms with Crippen molar-refractivity contribution in [3.8, 4) is 0 Å². The number of rotatable bonds is 7. The zero-order valence-corrected chi connectivity index (χ0v) is 11.5. The van der Waals surface area contributed by atoms with Crippen LogP contribution < -0.4 is 5.32 Å². The first-order valence-electron chi connectivity index (χ1n) is 7.19. The van der Waals surface area contributed by atoms with Crippen molar-refractivity contribution in [3.63, 3.8) is 0 Å². The Morgan fingerprint density at radius 3 is 2.81 bits per heavy atom. The van der Waals surface area contributed by atoms with Crippen LogP contribution in [0.1, 0.15) is 52.4 Å². The lowest BCUT2D eigenvalue weighted by atomic mass is 9.95. The fraction of sp³-hybridized carbons (Fsp3) is 1.00. The third-order valence-electron chi connectivity index (χ3n) is 4.11. The average molecular weight is 226 g/mol. The summed E-state index contributed by atoms with van der Waals surface area (Å²) in [5.41, 5.74) is 0. The lowest BCUT2D eigenvalue weighted by molar-refractivity contribution is 0.167. The average Bonchev–Trinajstić information content (AvgIpc) is 2.35. The van der Waals surface area contributed by atoms with Gasteiger partial charge in [-0.15, -0.1) is 0 Å². The van der Waals surface area contributed by atoms with Gasteiger partial charge in [0.1, 0.15) is 0 Å². The molecule has 0 spiro atoms. The molecule has 1 N–H and O–H groups in total. The van der Waals surface area contributed by atoms with Gasteiger partial charge in [-0.3, -0.25) is 0 Å². The Bertz CT molecular complexity index is 166. The highest BCUT2D eigenvalue weighted by Crippen LogP contribution is 2.19. The molecule has 0 amide bonds. The molecule has 16 heavy (non-hydrogen) atoms. The highest BCUT2D eigenvalue weighted by Gasteiger charge is 2.17. The summed E-state index contributed by atoms with van der Waals surface area (Å²) in [6.45, 7) is 8.62. The quantitative estimate of drug-likeness (QED) is 0.718. The molecule has 0 aromatic heterocycles. The maximum atomic E-state index is 3.39. The molecule has 96 valence electrons. The monoisotopic (exact) mass is 226 g/mol. The number of piperidine rings is 1. The minimum atomic E-state index is 0.728. The van der Waals surface area contributed by atoms with Gasteiger partial charge in [0.15, 0.2) is 0 Å². The molecular formula is C14H30N2. The van der Waals surface area contributed by atoms with E-state index in [1.165, 1.54) is 58.2 Å². The minimum Gasteiger partial charge on any atom is -0.317 e. The van der Waals surface area contributed by atoms with Gasteiger partial charge in [-0.05, 0) is 58.2 Å². The molecule has 0 aromatic carbocycles. The molecule has 2 heteroatoms. The van der Waals surface area contributed by atoms with Crippen LogP contribution in [0.5, 0.6) is 0 Å². The predicted molar refractivity (Wildman–Crippen MR) is 71.8 cm³/mol. The van der Waals surface area contributed by atoms with E-state index in [1.807, 2.05) is 0 Å². The van der Waals surface area contributed by atoms with Gasteiger partial charge in [-0.25, -0.2) is 0 Å². The molecule has 2 nitrogen and oxygen atoms in total. The summed E-state index contributed by atoms with van der Waals surface area (Å²) >= 11 is 0. The maximum absolute atomic E-state index is 3.39. The van der Waals surface area contributed by atoms with E-state index in [-0.39, 0.29) is 0 Å². The number of hydrogen-bond acceptors (Lipinski definition) is 2. The first-order valence-corrected chi connectivity index (χ1v) is 7.19. The van der Waals surface area contributed by atoms with Gasteiger partial charge in [0.25, 0.3) is 0 Å². The Hall–Kier alpha value is -0.0800. The molecule has 2 unspecified atom stereocenters. The largest absolute Gasteiger partial charge is 0.317 e. The number of nitrogens with one attached hydrogen (secondary N) is 1. The van der Waals surface area contributed by atoms with E-state index in [2.05, 4.69) is 31.1 Å². The van der Waals surface area contributed by atoms with Crippen molar-refractivity contribution in [3.05, 3.63) is 0 Å². The van der Waals surface area contributed by atoms with Crippen molar-refractivity contribution in [1.82, 2.24) is 10.2 Å². The van der Waals surface area contributed by atoms with Crippen molar-refractivity contribution < 1.29 is 0 Å². The molecular weight excluding hydrogens is 196 g/mol. The van der Waals surface area contributed by atoms with Gasteiger partial charge in [-0.1, -0.05) is 20.3 Å². The molecule has 1 rings (SSSR count). The molecule has 0 saturated carbocycles. The van der Waals surface area contributed by atoms with Crippen molar-refractivity contribution in [2.24, 2.45) is 5.92 Å². The molecule has 1 fully saturated rings. The molecule has 1 heterocycles. The summed E-state index contributed by atoms with van der Waals surface area (Å²) < 4.78 is 0. The standard InChI is InChI=1S/C14H30N2/c1-4-13-8-6-10-16(12-13)11-7-9-14(5-2)15-3/h13-15H,4-12H2,1-3H3. The molecule has 2 atom stereocenters. The maximum Gasteiger partial charge on any atom is 0.00619 e. The second kappa shape index (κ2) is 8.08. The fourth-order valence-electron chi connectivity index (χ4n) is 2.80. The SMILES string of the molecule is CCC1CCCN(CCCC(CC)NC)C1. The van der Waals surface area contributed by atoms with Crippen LogP contribution in [0.2, 0.25) is 0 Å². The number of hydrogen-bond donors (Lipinski definition) is 1. The topological polar surface area (TPSA) is 15.3 Å². The van der Waals surface area contributed by atoms with Crippen LogP contribution in [-0.4, -0.2) is 37.6 Å². The predicted octanol–water partition coefficient (Wildman–Crippen LogP) is 2.89. The summed E-state index contributed by atoms with van der Waals surface area (Å²) in [6.07, 6.45) is 8.19. The molecule has 1 aliphatic rings. The minimum absolute atomic E-state index is 0.728. The van der Waals surface area contributed by atoms with Crippen LogP contribution >= 0.6 is 0 Å². The van der Waals surface area contributed by atoms with E-state index in [0.29, 0.717) is 0 Å². The van der Waals surface area contributed by atoms with E-state index < -0.39 is 0 Å². The Balaban J connectivity index is 2.12. The Kier molecular flexibility index (Phi) is 7.06. The lowest BCUT2D eigenvalue weighted by Gasteiger charge is -2.32. The first-order chi connectivity index (χ1) is 7.80. The second-order valence-corrected chi connectivity index (χ2v) is 5.25. The highest BCUT2D eigenvalue weighted by atomic mass is 15.1. The zero-order valence-electron chi connectivity index (χ0n) is 11.5. The van der Waals surface area contributed by atoms with E-state index in [9.17, 15) is 0 Å². The van der Waals surface area contributed by atoms with Crippen LogP contribution in [0.4, 0.5) is 0 Å². The smallest absolute Gasteiger partial charge is 0.00619 e. The Labute approximate surface area is 102 Å². The molecule has 0 radical (unpaired) electrons. The molecule has 0 aromatic rings. The van der Waals surface area contributed by atoms with Crippen molar-refractivity contribution >= 4 is 0 Å². The summed E-state index contributed by atoms with van der Waals surface area (Å²) in [5.74, 6) is 0.972. The van der Waals surface area contributed by atoms with Crippen LogP contribution in [0.25, 0.3) is 0 Å². The van der Waals surface area contributed by atoms with E-state index >= 15 is 0 Å². The van der Waals surface area contributed by atoms with Crippen LogP contribution in [-0.2, 0) is 0 Å². The van der Waals surface area contributed by atoms with Gasteiger partial charge < -0.3 is 10.2 Å². The van der Waals surface area contributed by atoms with Crippen LogP contribution in [0, 0.1) is 5.92 Å². The normalized spacial score (nSPS) is 24.6. The van der Waals surface area contributed by atoms with E-state index in [1.54, 1.807) is 0 Å². The Morgan fingerprint density at radius 1 is 1.38 bits per heavy atom. The number of nitrogens with zero attached hydrogens (tertiary/aromatic N) is 1. The zero-order chi connectivity index (χ0) is 11.8. The molecule has 0 aliphatic carbocycles. The summed E-state index contributed by atoms with van der Waals surface area (Å²) in [7, 11) is 2.09. The van der Waals surface area contributed by atoms with Crippen molar-refractivity contribution in [2.45, 2.75) is 58.4 Å². The molecule has 0 bridgehead atoms. The summed E-state index contributed by atoms with van der Waals surface area (Å²) in [5, 5.41) is 3.39. The summed E-state index contributed by atoms with van der Waals surface area (Å²) in [4.78, 5) is 2.68. The summed E-state index contributed by atoms with van der Waals surface area (Å²) in [6, 6.07) is 0.728. The molecule has 1 aliphatic heterocycles. The van der Waals surface area contributed by atoms with Crippen molar-refractivity contribution in [1.29, 1.82) is 0 Å². The van der Waals surface area contributed by atoms with Crippen molar-refractivity contribution in [2.75, 3.05) is 26.7 Å². The van der Waals surface area contributed by atoms with Gasteiger partial charge >= 0.3 is 0 Å². The first kappa shape index (κ1) is 14.0. The van der Waals surface area contributed by atoms with Crippen LogP contribution in [0.3, 0.4) is 0 Å². The fourth-order valence-corrected chi connectivity index (χ4v) is 2.80. The Morgan fingerprint density at radius 2 is 2.19 bits per heavy atom.